The molecule has 1 saturated heterocycles. The van der Waals surface area contributed by atoms with Crippen molar-refractivity contribution in [2.45, 2.75) is 33.7 Å². The number of hydrogen-bond acceptors (Lipinski definition) is 4. The Hall–Kier alpha value is -2.08. The van der Waals surface area contributed by atoms with Crippen molar-refractivity contribution in [3.63, 3.8) is 0 Å². The molecule has 1 aliphatic rings. The van der Waals surface area contributed by atoms with Gasteiger partial charge in [-0.2, -0.15) is 0 Å². The summed E-state index contributed by atoms with van der Waals surface area (Å²) in [6.45, 7) is 11.9. The Kier molecular flexibility index (Phi) is 6.82. The summed E-state index contributed by atoms with van der Waals surface area (Å²) in [4.78, 5) is 28.5. The van der Waals surface area contributed by atoms with E-state index in [1.165, 1.54) is 11.3 Å². The van der Waals surface area contributed by atoms with E-state index in [0.29, 0.717) is 12.5 Å². The van der Waals surface area contributed by atoms with Gasteiger partial charge in [-0.1, -0.05) is 26.0 Å². The van der Waals surface area contributed by atoms with Gasteiger partial charge in [-0.3, -0.25) is 15.0 Å². The van der Waals surface area contributed by atoms with Crippen molar-refractivity contribution in [1.82, 2.24) is 15.5 Å². The largest absolute Gasteiger partial charge is 0.369 e. The Labute approximate surface area is 150 Å². The van der Waals surface area contributed by atoms with E-state index in [4.69, 9.17) is 0 Å². The van der Waals surface area contributed by atoms with Gasteiger partial charge in [-0.25, -0.2) is 4.79 Å². The number of carbonyl (C=O) groups excluding carboxylic acids is 2. The van der Waals surface area contributed by atoms with Gasteiger partial charge in [0.15, 0.2) is 0 Å². The predicted molar refractivity (Wildman–Crippen MR) is 101 cm³/mol. The fourth-order valence-electron chi connectivity index (χ4n) is 2.92. The second kappa shape index (κ2) is 8.85. The zero-order chi connectivity index (χ0) is 18.4. The van der Waals surface area contributed by atoms with Crippen LogP contribution < -0.4 is 15.5 Å². The number of hydrogen-bond donors (Lipinski definition) is 2. The number of anilines is 1. The third kappa shape index (κ3) is 5.74. The molecular formula is C19H30N4O2. The number of piperazine rings is 1. The van der Waals surface area contributed by atoms with Crippen LogP contribution in [0.5, 0.6) is 0 Å². The van der Waals surface area contributed by atoms with Crippen molar-refractivity contribution in [2.24, 2.45) is 5.92 Å². The van der Waals surface area contributed by atoms with Crippen molar-refractivity contribution in [1.29, 1.82) is 0 Å². The van der Waals surface area contributed by atoms with E-state index in [-0.39, 0.29) is 11.9 Å². The molecule has 1 aromatic carbocycles. The SMILES string of the molecule is Cc1cccc(N2CCN([C@@H](C)C(=O)NC(=O)NCC(C)C)CC2)c1. The van der Waals surface area contributed by atoms with Gasteiger partial charge in [0.1, 0.15) is 0 Å². The van der Waals surface area contributed by atoms with E-state index in [0.717, 1.165) is 26.2 Å². The van der Waals surface area contributed by atoms with Crippen LogP contribution in [0.4, 0.5) is 10.5 Å². The van der Waals surface area contributed by atoms with Gasteiger partial charge < -0.3 is 10.2 Å². The number of aryl methyl sites for hydroxylation is 1. The molecule has 1 aromatic rings. The molecular weight excluding hydrogens is 316 g/mol. The Morgan fingerprint density at radius 1 is 1.12 bits per heavy atom. The third-order valence-corrected chi connectivity index (χ3v) is 4.52. The van der Waals surface area contributed by atoms with Gasteiger partial charge in [-0.05, 0) is 37.5 Å². The number of amides is 3. The Morgan fingerprint density at radius 2 is 1.80 bits per heavy atom. The number of nitrogens with zero attached hydrogens (tertiary/aromatic N) is 2. The van der Waals surface area contributed by atoms with E-state index in [9.17, 15) is 9.59 Å². The monoisotopic (exact) mass is 346 g/mol. The molecule has 3 amide bonds. The second-order valence-corrected chi connectivity index (χ2v) is 7.13. The first kappa shape index (κ1) is 19.2. The molecule has 25 heavy (non-hydrogen) atoms. The lowest BCUT2D eigenvalue weighted by molar-refractivity contribution is -0.124. The first-order valence-corrected chi connectivity index (χ1v) is 9.01. The van der Waals surface area contributed by atoms with Gasteiger partial charge in [0.05, 0.1) is 6.04 Å². The highest BCUT2D eigenvalue weighted by Crippen LogP contribution is 2.18. The summed E-state index contributed by atoms with van der Waals surface area (Å²) in [5.74, 6) is 0.109. The first-order valence-electron chi connectivity index (χ1n) is 9.01. The molecule has 0 unspecified atom stereocenters. The molecule has 0 radical (unpaired) electrons. The van der Waals surface area contributed by atoms with Crippen LogP contribution in [0.15, 0.2) is 24.3 Å². The summed E-state index contributed by atoms with van der Waals surface area (Å²) in [6.07, 6.45) is 0. The van der Waals surface area contributed by atoms with Crippen molar-refractivity contribution in [3.8, 4) is 0 Å². The smallest absolute Gasteiger partial charge is 0.321 e. The lowest BCUT2D eigenvalue weighted by atomic mass is 10.1. The number of urea groups is 1. The molecule has 6 heteroatoms. The van der Waals surface area contributed by atoms with Crippen LogP contribution in [0.3, 0.4) is 0 Å². The standard InChI is InChI=1S/C19H30N4O2/c1-14(2)13-20-19(25)21-18(24)16(4)22-8-10-23(11-9-22)17-7-5-6-15(3)12-17/h5-7,12,14,16H,8-11,13H2,1-4H3,(H2,20,21,24,25)/t16-/m0/s1. The highest BCUT2D eigenvalue weighted by Gasteiger charge is 2.26. The average Bonchev–Trinajstić information content (AvgIpc) is 2.59. The van der Waals surface area contributed by atoms with E-state index >= 15 is 0 Å². The maximum Gasteiger partial charge on any atom is 0.321 e. The van der Waals surface area contributed by atoms with Gasteiger partial charge in [0.2, 0.25) is 5.91 Å². The number of benzene rings is 1. The summed E-state index contributed by atoms with van der Waals surface area (Å²) < 4.78 is 0. The van der Waals surface area contributed by atoms with Crippen molar-refractivity contribution >= 4 is 17.6 Å². The molecule has 0 aliphatic carbocycles. The van der Waals surface area contributed by atoms with Crippen LogP contribution in [-0.2, 0) is 4.79 Å². The Balaban J connectivity index is 1.81. The summed E-state index contributed by atoms with van der Waals surface area (Å²) in [5.41, 5.74) is 2.48. The fourth-order valence-corrected chi connectivity index (χ4v) is 2.92. The molecule has 0 bridgehead atoms. The molecule has 0 spiro atoms. The highest BCUT2D eigenvalue weighted by molar-refractivity contribution is 5.96. The van der Waals surface area contributed by atoms with Crippen molar-refractivity contribution in [3.05, 3.63) is 29.8 Å². The number of imide groups is 1. The van der Waals surface area contributed by atoms with Gasteiger partial charge in [-0.15, -0.1) is 0 Å². The minimum atomic E-state index is -0.413. The lowest BCUT2D eigenvalue weighted by Crippen LogP contribution is -2.55. The molecule has 0 saturated carbocycles. The van der Waals surface area contributed by atoms with Crippen LogP contribution in [-0.4, -0.2) is 55.6 Å². The predicted octanol–water partition coefficient (Wildman–Crippen LogP) is 1.99. The van der Waals surface area contributed by atoms with Crippen LogP contribution >= 0.6 is 0 Å². The van der Waals surface area contributed by atoms with Gasteiger partial charge >= 0.3 is 6.03 Å². The van der Waals surface area contributed by atoms with Crippen molar-refractivity contribution in [2.75, 3.05) is 37.6 Å². The maximum absolute atomic E-state index is 12.3. The molecule has 138 valence electrons. The van der Waals surface area contributed by atoms with E-state index in [1.807, 2.05) is 20.8 Å². The summed E-state index contributed by atoms with van der Waals surface area (Å²) in [5, 5.41) is 5.15. The van der Waals surface area contributed by atoms with Crippen LogP contribution in [0, 0.1) is 12.8 Å². The minimum absolute atomic E-state index is 0.245. The zero-order valence-electron chi connectivity index (χ0n) is 15.7. The first-order chi connectivity index (χ1) is 11.9. The van der Waals surface area contributed by atoms with Crippen LogP contribution in [0.25, 0.3) is 0 Å². The Morgan fingerprint density at radius 3 is 2.40 bits per heavy atom. The molecule has 1 fully saturated rings. The van der Waals surface area contributed by atoms with Gasteiger partial charge in [0.25, 0.3) is 0 Å². The molecule has 1 aliphatic heterocycles. The molecule has 6 nitrogen and oxygen atoms in total. The average molecular weight is 346 g/mol. The summed E-state index contributed by atoms with van der Waals surface area (Å²) in [7, 11) is 0. The molecule has 0 aromatic heterocycles. The highest BCUT2D eigenvalue weighted by atomic mass is 16.2. The third-order valence-electron chi connectivity index (χ3n) is 4.52. The topological polar surface area (TPSA) is 64.7 Å². The summed E-state index contributed by atoms with van der Waals surface area (Å²) in [6, 6.07) is 7.75. The second-order valence-electron chi connectivity index (χ2n) is 7.13. The van der Waals surface area contributed by atoms with Crippen LogP contribution in [0.2, 0.25) is 0 Å². The van der Waals surface area contributed by atoms with E-state index in [2.05, 4.69) is 51.6 Å². The van der Waals surface area contributed by atoms with Crippen molar-refractivity contribution < 1.29 is 9.59 Å². The molecule has 2 rings (SSSR count). The zero-order valence-corrected chi connectivity index (χ0v) is 15.7. The number of nitrogens with one attached hydrogen (secondary N) is 2. The molecule has 1 atom stereocenters. The van der Waals surface area contributed by atoms with E-state index in [1.54, 1.807) is 0 Å². The van der Waals surface area contributed by atoms with Crippen LogP contribution in [0.1, 0.15) is 26.3 Å². The maximum atomic E-state index is 12.3. The fraction of sp³-hybridized carbons (Fsp3) is 0.579. The number of carbonyl (C=O) groups is 2. The number of rotatable bonds is 5. The quantitative estimate of drug-likeness (QED) is 0.856. The molecule has 1 heterocycles. The van der Waals surface area contributed by atoms with Gasteiger partial charge in [0, 0.05) is 38.4 Å². The van der Waals surface area contributed by atoms with E-state index < -0.39 is 6.03 Å². The summed E-state index contributed by atoms with van der Waals surface area (Å²) >= 11 is 0. The normalized spacial score (nSPS) is 16.6. The Bertz CT molecular complexity index is 595. The lowest BCUT2D eigenvalue weighted by Gasteiger charge is -2.38. The molecule has 2 N–H and O–H groups in total. The minimum Gasteiger partial charge on any atom is -0.369 e.